The fourth-order valence-corrected chi connectivity index (χ4v) is 1.91. The second kappa shape index (κ2) is 6.18. The molecule has 2 aromatic carbocycles. The van der Waals surface area contributed by atoms with Crippen LogP contribution in [0.15, 0.2) is 42.5 Å². The highest BCUT2D eigenvalue weighted by molar-refractivity contribution is 6.31. The molecule has 5 heteroatoms. The summed E-state index contributed by atoms with van der Waals surface area (Å²) in [6, 6.07) is 12.6. The summed E-state index contributed by atoms with van der Waals surface area (Å²) in [5, 5.41) is 11.8. The van der Waals surface area contributed by atoms with Crippen molar-refractivity contribution in [1.29, 1.82) is 5.26 Å². The Morgan fingerprint density at radius 1 is 1.30 bits per heavy atom. The van der Waals surface area contributed by atoms with E-state index in [4.69, 9.17) is 16.9 Å². The summed E-state index contributed by atoms with van der Waals surface area (Å²) in [5.41, 5.74) is 0.967. The molecule has 1 amide bonds. The Labute approximate surface area is 120 Å². The number of rotatable bonds is 3. The van der Waals surface area contributed by atoms with Crippen molar-refractivity contribution in [3.8, 4) is 6.07 Å². The minimum Gasteiger partial charge on any atom is -0.326 e. The van der Waals surface area contributed by atoms with Gasteiger partial charge in [-0.3, -0.25) is 4.79 Å². The van der Waals surface area contributed by atoms with E-state index in [0.717, 1.165) is 6.07 Å². The number of nitrogens with zero attached hydrogens (tertiary/aromatic N) is 1. The Morgan fingerprint density at radius 3 is 2.75 bits per heavy atom. The molecular weight excluding hydrogens is 279 g/mol. The molecule has 2 rings (SSSR count). The van der Waals surface area contributed by atoms with Crippen molar-refractivity contribution < 1.29 is 9.18 Å². The Hall–Kier alpha value is -2.38. The van der Waals surface area contributed by atoms with Crippen molar-refractivity contribution in [2.75, 3.05) is 5.32 Å². The summed E-state index contributed by atoms with van der Waals surface area (Å²) in [4.78, 5) is 11.9. The van der Waals surface area contributed by atoms with Crippen LogP contribution in [0.25, 0.3) is 0 Å². The van der Waals surface area contributed by atoms with Crippen LogP contribution in [0.3, 0.4) is 0 Å². The second-order valence-corrected chi connectivity index (χ2v) is 4.53. The molecule has 100 valence electrons. The molecule has 0 unspecified atom stereocenters. The second-order valence-electron chi connectivity index (χ2n) is 4.12. The maximum Gasteiger partial charge on any atom is 0.228 e. The summed E-state index contributed by atoms with van der Waals surface area (Å²) < 4.78 is 13.2. The lowest BCUT2D eigenvalue weighted by Gasteiger charge is -2.07. The summed E-state index contributed by atoms with van der Waals surface area (Å²) in [5.74, 6) is -0.898. The highest BCUT2D eigenvalue weighted by atomic mass is 35.5. The van der Waals surface area contributed by atoms with E-state index in [1.54, 1.807) is 30.3 Å². The van der Waals surface area contributed by atoms with Crippen LogP contribution in [0, 0.1) is 17.1 Å². The van der Waals surface area contributed by atoms with Crippen LogP contribution < -0.4 is 5.32 Å². The average Bonchev–Trinajstić information content (AvgIpc) is 2.43. The van der Waals surface area contributed by atoms with Crippen molar-refractivity contribution in [3.05, 3.63) is 64.4 Å². The van der Waals surface area contributed by atoms with Crippen LogP contribution in [-0.2, 0) is 11.2 Å². The molecule has 0 spiro atoms. The first kappa shape index (κ1) is 14.0. The van der Waals surface area contributed by atoms with Crippen LogP contribution in [0.1, 0.15) is 11.1 Å². The monoisotopic (exact) mass is 288 g/mol. The van der Waals surface area contributed by atoms with E-state index in [-0.39, 0.29) is 17.9 Å². The van der Waals surface area contributed by atoms with E-state index in [2.05, 4.69) is 5.32 Å². The zero-order valence-electron chi connectivity index (χ0n) is 10.4. The van der Waals surface area contributed by atoms with Gasteiger partial charge in [-0.2, -0.15) is 5.26 Å². The van der Waals surface area contributed by atoms with Gasteiger partial charge in [0, 0.05) is 10.7 Å². The standard InChI is InChI=1S/C15H10ClFN2O/c16-13-4-2-1-3-10(13)8-15(20)19-12-5-6-14(17)11(7-12)9-18/h1-7H,8H2,(H,19,20). The third-order valence-electron chi connectivity index (χ3n) is 2.68. The Balaban J connectivity index is 2.09. The molecule has 0 heterocycles. The maximum absolute atomic E-state index is 13.2. The fraction of sp³-hybridized carbons (Fsp3) is 0.0667. The van der Waals surface area contributed by atoms with Crippen LogP contribution in [0.5, 0.6) is 0 Å². The quantitative estimate of drug-likeness (QED) is 0.939. The smallest absolute Gasteiger partial charge is 0.228 e. The number of anilines is 1. The lowest BCUT2D eigenvalue weighted by molar-refractivity contribution is -0.115. The number of amides is 1. The van der Waals surface area contributed by atoms with Crippen LogP contribution in [-0.4, -0.2) is 5.91 Å². The summed E-state index contributed by atoms with van der Waals surface area (Å²) in [6.45, 7) is 0. The van der Waals surface area contributed by atoms with Crippen molar-refractivity contribution in [2.24, 2.45) is 0 Å². The van der Waals surface area contributed by atoms with Gasteiger partial charge in [0.15, 0.2) is 0 Å². The van der Waals surface area contributed by atoms with Gasteiger partial charge in [-0.15, -0.1) is 0 Å². The van der Waals surface area contributed by atoms with Crippen LogP contribution >= 0.6 is 11.6 Å². The number of nitrogens with one attached hydrogen (secondary N) is 1. The molecule has 0 bridgehead atoms. The topological polar surface area (TPSA) is 52.9 Å². The molecule has 0 saturated heterocycles. The van der Waals surface area contributed by atoms with E-state index in [1.165, 1.54) is 12.1 Å². The van der Waals surface area contributed by atoms with Crippen LogP contribution in [0.2, 0.25) is 5.02 Å². The lowest BCUT2D eigenvalue weighted by Crippen LogP contribution is -2.14. The number of hydrogen-bond acceptors (Lipinski definition) is 2. The number of benzene rings is 2. The lowest BCUT2D eigenvalue weighted by atomic mass is 10.1. The number of hydrogen-bond donors (Lipinski definition) is 1. The average molecular weight is 289 g/mol. The number of carbonyl (C=O) groups excluding carboxylic acids is 1. The van der Waals surface area contributed by atoms with E-state index < -0.39 is 5.82 Å². The molecule has 0 aromatic heterocycles. The van der Waals surface area contributed by atoms with Gasteiger partial charge in [-0.1, -0.05) is 29.8 Å². The van der Waals surface area contributed by atoms with Gasteiger partial charge in [0.2, 0.25) is 5.91 Å². The molecule has 0 fully saturated rings. The van der Waals surface area contributed by atoms with Crippen molar-refractivity contribution in [3.63, 3.8) is 0 Å². The Morgan fingerprint density at radius 2 is 2.05 bits per heavy atom. The van der Waals surface area contributed by atoms with Crippen molar-refractivity contribution >= 4 is 23.2 Å². The third-order valence-corrected chi connectivity index (χ3v) is 3.05. The van der Waals surface area contributed by atoms with E-state index in [1.807, 2.05) is 0 Å². The van der Waals surface area contributed by atoms with Gasteiger partial charge in [-0.05, 0) is 29.8 Å². The Kier molecular flexibility index (Phi) is 4.34. The van der Waals surface area contributed by atoms with Crippen molar-refractivity contribution in [1.82, 2.24) is 0 Å². The van der Waals surface area contributed by atoms with Gasteiger partial charge < -0.3 is 5.32 Å². The number of halogens is 2. The fourth-order valence-electron chi connectivity index (χ4n) is 1.71. The predicted octanol–water partition coefficient (Wildman–Crippen LogP) is 3.53. The molecule has 3 nitrogen and oxygen atoms in total. The largest absolute Gasteiger partial charge is 0.326 e. The third kappa shape index (κ3) is 3.34. The highest BCUT2D eigenvalue weighted by Gasteiger charge is 2.08. The molecule has 0 aliphatic carbocycles. The van der Waals surface area contributed by atoms with E-state index in [0.29, 0.717) is 16.3 Å². The first-order valence-corrected chi connectivity index (χ1v) is 6.21. The van der Waals surface area contributed by atoms with Gasteiger partial charge in [-0.25, -0.2) is 4.39 Å². The highest BCUT2D eigenvalue weighted by Crippen LogP contribution is 2.17. The van der Waals surface area contributed by atoms with E-state index >= 15 is 0 Å². The van der Waals surface area contributed by atoms with Gasteiger partial charge in [0.1, 0.15) is 11.9 Å². The molecule has 0 radical (unpaired) electrons. The minimum atomic E-state index is -0.614. The molecule has 2 aromatic rings. The zero-order chi connectivity index (χ0) is 14.5. The molecule has 1 N–H and O–H groups in total. The zero-order valence-corrected chi connectivity index (χ0v) is 11.1. The van der Waals surface area contributed by atoms with E-state index in [9.17, 15) is 9.18 Å². The molecule has 0 saturated carbocycles. The summed E-state index contributed by atoms with van der Waals surface area (Å²) >= 11 is 5.97. The Bertz CT molecular complexity index is 695. The maximum atomic E-state index is 13.2. The van der Waals surface area contributed by atoms with Gasteiger partial charge >= 0.3 is 0 Å². The first-order chi connectivity index (χ1) is 9.60. The van der Waals surface area contributed by atoms with Gasteiger partial charge in [0.25, 0.3) is 0 Å². The molecular formula is C15H10ClFN2O. The predicted molar refractivity (Wildman–Crippen MR) is 74.9 cm³/mol. The first-order valence-electron chi connectivity index (χ1n) is 5.83. The van der Waals surface area contributed by atoms with Gasteiger partial charge in [0.05, 0.1) is 12.0 Å². The number of carbonyl (C=O) groups is 1. The minimum absolute atomic E-state index is 0.110. The van der Waals surface area contributed by atoms with Crippen LogP contribution in [0.4, 0.5) is 10.1 Å². The molecule has 0 aliphatic rings. The number of nitriles is 1. The molecule has 20 heavy (non-hydrogen) atoms. The van der Waals surface area contributed by atoms with Crippen molar-refractivity contribution in [2.45, 2.75) is 6.42 Å². The molecule has 0 aliphatic heterocycles. The SMILES string of the molecule is N#Cc1cc(NC(=O)Cc2ccccc2Cl)ccc1F. The molecule has 0 atom stereocenters. The normalized spacial score (nSPS) is 9.85. The summed E-state index contributed by atoms with van der Waals surface area (Å²) in [7, 11) is 0. The summed E-state index contributed by atoms with van der Waals surface area (Å²) in [6.07, 6.45) is 0.110.